The van der Waals surface area contributed by atoms with Gasteiger partial charge >= 0.3 is 0 Å². The molecule has 3 heteroatoms. The van der Waals surface area contributed by atoms with Crippen molar-refractivity contribution in [3.05, 3.63) is 65.2 Å². The Morgan fingerprint density at radius 3 is 2.73 bits per heavy atom. The molecule has 3 nitrogen and oxygen atoms in total. The molecule has 1 aliphatic heterocycles. The summed E-state index contributed by atoms with van der Waals surface area (Å²) >= 11 is 0. The molecule has 26 heavy (non-hydrogen) atoms. The van der Waals surface area contributed by atoms with Gasteiger partial charge in [-0.2, -0.15) is 0 Å². The number of carbonyl (C=O) groups is 1. The second-order valence-electron chi connectivity index (χ2n) is 7.11. The highest BCUT2D eigenvalue weighted by Crippen LogP contribution is 2.27. The lowest BCUT2D eigenvalue weighted by Gasteiger charge is -2.25. The number of benzene rings is 2. The smallest absolute Gasteiger partial charge is 0.254 e. The molecule has 0 aromatic heterocycles. The Bertz CT molecular complexity index is 726. The molecule has 0 bridgehead atoms. The van der Waals surface area contributed by atoms with Gasteiger partial charge in [-0.15, -0.1) is 0 Å². The van der Waals surface area contributed by atoms with E-state index in [9.17, 15) is 4.79 Å². The van der Waals surface area contributed by atoms with Crippen LogP contribution in [0.2, 0.25) is 0 Å². The van der Waals surface area contributed by atoms with Crippen molar-refractivity contribution in [3.63, 3.8) is 0 Å². The third kappa shape index (κ3) is 4.27. The first kappa shape index (κ1) is 18.5. The Hall–Kier alpha value is -2.29. The van der Waals surface area contributed by atoms with Crippen LogP contribution in [0.15, 0.2) is 48.5 Å². The van der Waals surface area contributed by atoms with E-state index >= 15 is 0 Å². The van der Waals surface area contributed by atoms with E-state index in [1.54, 1.807) is 7.11 Å². The van der Waals surface area contributed by atoms with Crippen LogP contribution in [0.3, 0.4) is 0 Å². The highest BCUT2D eigenvalue weighted by atomic mass is 16.5. The van der Waals surface area contributed by atoms with Crippen LogP contribution in [0.5, 0.6) is 5.75 Å². The predicted molar refractivity (Wildman–Crippen MR) is 106 cm³/mol. The Labute approximate surface area is 157 Å². The molecular weight excluding hydrogens is 322 g/mol. The van der Waals surface area contributed by atoms with Crippen molar-refractivity contribution in [2.75, 3.05) is 13.7 Å². The first-order chi connectivity index (χ1) is 12.7. The monoisotopic (exact) mass is 351 g/mol. The van der Waals surface area contributed by atoms with Gasteiger partial charge in [-0.1, -0.05) is 49.7 Å². The van der Waals surface area contributed by atoms with Gasteiger partial charge in [0.25, 0.3) is 5.91 Å². The summed E-state index contributed by atoms with van der Waals surface area (Å²) in [6, 6.07) is 16.7. The largest absolute Gasteiger partial charge is 0.496 e. The molecule has 0 radical (unpaired) electrons. The van der Waals surface area contributed by atoms with Crippen molar-refractivity contribution in [1.82, 2.24) is 4.90 Å². The Kier molecular flexibility index (Phi) is 6.32. The Balaban J connectivity index is 1.75. The van der Waals surface area contributed by atoms with Crippen LogP contribution in [0.4, 0.5) is 0 Å². The van der Waals surface area contributed by atoms with Gasteiger partial charge in [0.2, 0.25) is 0 Å². The summed E-state index contributed by atoms with van der Waals surface area (Å²) in [5.74, 6) is 0.965. The number of hydrogen-bond donors (Lipinski definition) is 0. The fourth-order valence-electron chi connectivity index (χ4n) is 3.82. The summed E-state index contributed by atoms with van der Waals surface area (Å²) in [5.41, 5.74) is 3.22. The van der Waals surface area contributed by atoms with E-state index in [4.69, 9.17) is 4.74 Å². The van der Waals surface area contributed by atoms with Gasteiger partial charge in [-0.25, -0.2) is 0 Å². The third-order valence-corrected chi connectivity index (χ3v) is 5.29. The maximum absolute atomic E-state index is 13.1. The zero-order valence-corrected chi connectivity index (χ0v) is 15.9. The number of nitrogens with zero attached hydrogens (tertiary/aromatic N) is 1. The molecule has 138 valence electrons. The minimum absolute atomic E-state index is 0.128. The van der Waals surface area contributed by atoms with Crippen molar-refractivity contribution < 1.29 is 9.53 Å². The van der Waals surface area contributed by atoms with Crippen LogP contribution in [0.1, 0.15) is 54.1 Å². The standard InChI is InChI=1S/C23H29NO2/c1-3-4-11-19-13-14-20(17-22(19)26-2)23(25)24-15-8-12-21(24)16-18-9-6-5-7-10-18/h5-7,9-10,13-14,17,21H,3-4,8,11-12,15-16H2,1-2H3. The second-order valence-corrected chi connectivity index (χ2v) is 7.11. The molecule has 0 saturated carbocycles. The molecule has 1 fully saturated rings. The summed E-state index contributed by atoms with van der Waals surface area (Å²) in [6.45, 7) is 3.03. The van der Waals surface area contributed by atoms with Gasteiger partial charge in [0.1, 0.15) is 5.75 Å². The lowest BCUT2D eigenvalue weighted by Crippen LogP contribution is -2.36. The first-order valence-electron chi connectivity index (χ1n) is 9.74. The first-order valence-corrected chi connectivity index (χ1v) is 9.74. The Morgan fingerprint density at radius 2 is 2.00 bits per heavy atom. The third-order valence-electron chi connectivity index (χ3n) is 5.29. The maximum Gasteiger partial charge on any atom is 0.254 e. The summed E-state index contributed by atoms with van der Waals surface area (Å²) in [6.07, 6.45) is 6.36. The fraction of sp³-hybridized carbons (Fsp3) is 0.435. The van der Waals surface area contributed by atoms with Crippen LogP contribution < -0.4 is 4.74 Å². The molecule has 0 N–H and O–H groups in total. The minimum atomic E-state index is 0.128. The van der Waals surface area contributed by atoms with Crippen LogP contribution in [0, 0.1) is 0 Å². The molecule has 0 spiro atoms. The second kappa shape index (κ2) is 8.88. The number of hydrogen-bond acceptors (Lipinski definition) is 2. The number of carbonyl (C=O) groups excluding carboxylic acids is 1. The summed E-state index contributed by atoms with van der Waals surface area (Å²) in [7, 11) is 1.69. The number of ether oxygens (including phenoxy) is 1. The number of amides is 1. The summed E-state index contributed by atoms with van der Waals surface area (Å²) in [5, 5.41) is 0. The number of unbranched alkanes of at least 4 members (excludes halogenated alkanes) is 1. The normalized spacial score (nSPS) is 16.7. The number of likely N-dealkylation sites (tertiary alicyclic amines) is 1. The zero-order valence-electron chi connectivity index (χ0n) is 15.9. The predicted octanol–water partition coefficient (Wildman–Crippen LogP) is 4.89. The van der Waals surface area contributed by atoms with E-state index in [1.165, 1.54) is 11.1 Å². The van der Waals surface area contributed by atoms with E-state index in [0.29, 0.717) is 0 Å². The van der Waals surface area contributed by atoms with Crippen LogP contribution in [-0.2, 0) is 12.8 Å². The molecule has 1 saturated heterocycles. The van der Waals surface area contributed by atoms with Crippen molar-refractivity contribution >= 4 is 5.91 Å². The zero-order chi connectivity index (χ0) is 18.4. The van der Waals surface area contributed by atoms with Crippen molar-refractivity contribution in [3.8, 4) is 5.75 Å². The SMILES string of the molecule is CCCCc1ccc(C(=O)N2CCCC2Cc2ccccc2)cc1OC. The molecular formula is C23H29NO2. The maximum atomic E-state index is 13.1. The highest BCUT2D eigenvalue weighted by molar-refractivity contribution is 5.95. The number of methoxy groups -OCH3 is 1. The molecule has 3 rings (SSSR count). The van der Waals surface area contributed by atoms with Crippen LogP contribution in [-0.4, -0.2) is 30.5 Å². The van der Waals surface area contributed by atoms with E-state index in [1.807, 2.05) is 23.1 Å². The molecule has 1 atom stereocenters. The van der Waals surface area contributed by atoms with Crippen LogP contribution in [0.25, 0.3) is 0 Å². The van der Waals surface area contributed by atoms with Gasteiger partial charge in [-0.05, 0) is 55.4 Å². The van der Waals surface area contributed by atoms with Crippen molar-refractivity contribution in [2.45, 2.75) is 51.5 Å². The fourth-order valence-corrected chi connectivity index (χ4v) is 3.82. The van der Waals surface area contributed by atoms with E-state index in [2.05, 4.69) is 37.3 Å². The lowest BCUT2D eigenvalue weighted by atomic mass is 10.0. The van der Waals surface area contributed by atoms with Crippen molar-refractivity contribution in [2.24, 2.45) is 0 Å². The van der Waals surface area contributed by atoms with E-state index < -0.39 is 0 Å². The number of rotatable bonds is 7. The number of aryl methyl sites for hydroxylation is 1. The summed E-state index contributed by atoms with van der Waals surface area (Å²) in [4.78, 5) is 15.2. The van der Waals surface area contributed by atoms with Gasteiger partial charge in [-0.3, -0.25) is 4.79 Å². The molecule has 2 aromatic carbocycles. The molecule has 1 amide bonds. The Morgan fingerprint density at radius 1 is 1.19 bits per heavy atom. The van der Waals surface area contributed by atoms with Crippen LogP contribution >= 0.6 is 0 Å². The van der Waals surface area contributed by atoms with Gasteiger partial charge < -0.3 is 9.64 Å². The quantitative estimate of drug-likeness (QED) is 0.711. The lowest BCUT2D eigenvalue weighted by molar-refractivity contribution is 0.0736. The topological polar surface area (TPSA) is 29.5 Å². The van der Waals surface area contributed by atoms with Gasteiger partial charge in [0, 0.05) is 18.2 Å². The van der Waals surface area contributed by atoms with E-state index in [-0.39, 0.29) is 11.9 Å². The average Bonchev–Trinajstić information content (AvgIpc) is 3.14. The molecule has 2 aromatic rings. The molecule has 0 aliphatic carbocycles. The molecule has 1 heterocycles. The minimum Gasteiger partial charge on any atom is -0.496 e. The average molecular weight is 351 g/mol. The highest BCUT2D eigenvalue weighted by Gasteiger charge is 2.29. The molecule has 1 aliphatic rings. The van der Waals surface area contributed by atoms with Gasteiger partial charge in [0.15, 0.2) is 0 Å². The molecule has 1 unspecified atom stereocenters. The van der Waals surface area contributed by atoms with Crippen molar-refractivity contribution in [1.29, 1.82) is 0 Å². The summed E-state index contributed by atoms with van der Waals surface area (Å²) < 4.78 is 5.55. The van der Waals surface area contributed by atoms with Gasteiger partial charge in [0.05, 0.1) is 7.11 Å². The van der Waals surface area contributed by atoms with E-state index in [0.717, 1.165) is 56.4 Å².